The van der Waals surface area contributed by atoms with Gasteiger partial charge in [0.2, 0.25) is 5.95 Å². The van der Waals surface area contributed by atoms with Gasteiger partial charge in [-0.15, -0.1) is 0 Å². The molecule has 6 heteroatoms. The van der Waals surface area contributed by atoms with E-state index in [-0.39, 0.29) is 12.1 Å². The molecule has 0 bridgehead atoms. The van der Waals surface area contributed by atoms with Gasteiger partial charge in [-0.3, -0.25) is 4.98 Å². The molecule has 23 heavy (non-hydrogen) atoms. The zero-order valence-electron chi connectivity index (χ0n) is 13.4. The first-order chi connectivity index (χ1) is 11.3. The van der Waals surface area contributed by atoms with E-state index in [2.05, 4.69) is 32.5 Å². The fourth-order valence-corrected chi connectivity index (χ4v) is 2.56. The molecule has 1 fully saturated rings. The quantitative estimate of drug-likeness (QED) is 0.682. The average Bonchev–Trinajstić information content (AvgIpc) is 2.55. The van der Waals surface area contributed by atoms with Gasteiger partial charge in [0.05, 0.1) is 17.4 Å². The van der Waals surface area contributed by atoms with Crippen molar-refractivity contribution in [3.63, 3.8) is 0 Å². The number of aliphatic hydroxyl groups is 1. The van der Waals surface area contributed by atoms with Crippen LogP contribution in [0.5, 0.6) is 0 Å². The molecule has 0 unspecified atom stereocenters. The van der Waals surface area contributed by atoms with E-state index in [0.717, 1.165) is 49.3 Å². The number of nitrogens with one attached hydrogen (secondary N) is 2. The summed E-state index contributed by atoms with van der Waals surface area (Å²) in [5, 5.41) is 16.1. The van der Waals surface area contributed by atoms with Crippen LogP contribution in [0.3, 0.4) is 0 Å². The van der Waals surface area contributed by atoms with Crippen molar-refractivity contribution in [3.05, 3.63) is 30.6 Å². The molecule has 3 rings (SSSR count). The van der Waals surface area contributed by atoms with Crippen LogP contribution < -0.4 is 10.6 Å². The zero-order chi connectivity index (χ0) is 16.1. The molecule has 6 nitrogen and oxygen atoms in total. The van der Waals surface area contributed by atoms with Gasteiger partial charge >= 0.3 is 0 Å². The van der Waals surface area contributed by atoms with Gasteiger partial charge in [0.25, 0.3) is 0 Å². The molecule has 0 aliphatic heterocycles. The van der Waals surface area contributed by atoms with Gasteiger partial charge in [-0.2, -0.15) is 4.98 Å². The predicted octanol–water partition coefficient (Wildman–Crippen LogP) is 2.69. The Hall–Kier alpha value is -2.21. The lowest BCUT2D eigenvalue weighted by molar-refractivity contribution is 0.0835. The third-order valence-electron chi connectivity index (χ3n) is 4.00. The van der Waals surface area contributed by atoms with Crippen LogP contribution >= 0.6 is 0 Å². The number of hydrogen-bond acceptors (Lipinski definition) is 6. The lowest BCUT2D eigenvalue weighted by Gasteiger charge is -2.32. The van der Waals surface area contributed by atoms with Gasteiger partial charge in [-0.25, -0.2) is 4.98 Å². The first kappa shape index (κ1) is 15.7. The molecule has 122 valence electrons. The Bertz CT molecular complexity index is 628. The minimum atomic E-state index is -0.199. The molecule has 0 atom stereocenters. The van der Waals surface area contributed by atoms with Crippen LogP contribution in [0.1, 0.15) is 32.6 Å². The van der Waals surface area contributed by atoms with Crippen LogP contribution in [0.2, 0.25) is 0 Å². The van der Waals surface area contributed by atoms with Crippen LogP contribution in [0.4, 0.5) is 11.8 Å². The fourth-order valence-electron chi connectivity index (χ4n) is 2.56. The Balaban J connectivity index is 1.82. The van der Waals surface area contributed by atoms with Crippen LogP contribution in [0.25, 0.3) is 11.3 Å². The van der Waals surface area contributed by atoms with Gasteiger partial charge in [-0.05, 0) is 31.4 Å². The molecule has 0 saturated heterocycles. The van der Waals surface area contributed by atoms with E-state index in [9.17, 15) is 5.11 Å². The topological polar surface area (TPSA) is 83.0 Å². The number of unbranched alkanes of at least 4 members (excludes halogenated alkanes) is 1. The van der Waals surface area contributed by atoms with Gasteiger partial charge in [0.15, 0.2) is 0 Å². The van der Waals surface area contributed by atoms with Crippen molar-refractivity contribution in [1.29, 1.82) is 0 Å². The van der Waals surface area contributed by atoms with Crippen molar-refractivity contribution < 1.29 is 5.11 Å². The molecule has 1 saturated carbocycles. The Kier molecular flexibility index (Phi) is 5.02. The standard InChI is InChI=1S/C17H23N5O/c1-2-3-7-19-17-20-11-14(15-6-4-5-8-18-15)16(22-17)21-12-9-13(23)10-12/h4-6,8,11-13,23H,2-3,7,9-10H2,1H3,(H2,19,20,21,22)/t12-,13-. The van der Waals surface area contributed by atoms with E-state index >= 15 is 0 Å². The minimum Gasteiger partial charge on any atom is -0.393 e. The normalized spacial score (nSPS) is 19.9. The zero-order valence-corrected chi connectivity index (χ0v) is 13.4. The summed E-state index contributed by atoms with van der Waals surface area (Å²) in [7, 11) is 0. The third-order valence-corrected chi connectivity index (χ3v) is 4.00. The molecular formula is C17H23N5O. The number of pyridine rings is 1. The summed E-state index contributed by atoms with van der Waals surface area (Å²) >= 11 is 0. The van der Waals surface area contributed by atoms with Crippen molar-refractivity contribution in [2.45, 2.75) is 44.8 Å². The number of rotatable bonds is 7. The Morgan fingerprint density at radius 3 is 2.83 bits per heavy atom. The molecule has 2 heterocycles. The van der Waals surface area contributed by atoms with Crippen molar-refractivity contribution >= 4 is 11.8 Å². The highest BCUT2D eigenvalue weighted by Crippen LogP contribution is 2.29. The van der Waals surface area contributed by atoms with Crippen LogP contribution in [0.15, 0.2) is 30.6 Å². The average molecular weight is 313 g/mol. The maximum atomic E-state index is 9.48. The molecular weight excluding hydrogens is 290 g/mol. The van der Waals surface area contributed by atoms with Gasteiger partial charge < -0.3 is 15.7 Å². The number of anilines is 2. The monoisotopic (exact) mass is 313 g/mol. The van der Waals surface area contributed by atoms with Gasteiger partial charge in [0.1, 0.15) is 5.82 Å². The summed E-state index contributed by atoms with van der Waals surface area (Å²) in [6.45, 7) is 3.02. The summed E-state index contributed by atoms with van der Waals surface area (Å²) in [4.78, 5) is 13.4. The first-order valence-electron chi connectivity index (χ1n) is 8.23. The summed E-state index contributed by atoms with van der Waals surface area (Å²) in [5.41, 5.74) is 1.73. The summed E-state index contributed by atoms with van der Waals surface area (Å²) < 4.78 is 0. The van der Waals surface area contributed by atoms with Crippen molar-refractivity contribution in [3.8, 4) is 11.3 Å². The number of nitrogens with zero attached hydrogens (tertiary/aromatic N) is 3. The maximum Gasteiger partial charge on any atom is 0.224 e. The van der Waals surface area contributed by atoms with E-state index in [4.69, 9.17) is 0 Å². The molecule has 1 aliphatic rings. The number of hydrogen-bond donors (Lipinski definition) is 3. The van der Waals surface area contributed by atoms with Crippen LogP contribution in [-0.2, 0) is 0 Å². The molecule has 0 spiro atoms. The second-order valence-corrected chi connectivity index (χ2v) is 5.92. The Morgan fingerprint density at radius 1 is 1.26 bits per heavy atom. The van der Waals surface area contributed by atoms with Crippen molar-refractivity contribution in [1.82, 2.24) is 15.0 Å². The predicted molar refractivity (Wildman–Crippen MR) is 91.3 cm³/mol. The summed E-state index contributed by atoms with van der Waals surface area (Å²) in [6, 6.07) is 6.04. The molecule has 2 aromatic rings. The minimum absolute atomic E-state index is 0.199. The first-order valence-corrected chi connectivity index (χ1v) is 8.23. The maximum absolute atomic E-state index is 9.48. The largest absolute Gasteiger partial charge is 0.393 e. The molecule has 3 N–H and O–H groups in total. The van der Waals surface area contributed by atoms with E-state index < -0.39 is 0 Å². The molecule has 1 aliphatic carbocycles. The van der Waals surface area contributed by atoms with Gasteiger partial charge in [0, 0.05) is 25.0 Å². The second-order valence-electron chi connectivity index (χ2n) is 5.92. The van der Waals surface area contributed by atoms with E-state index in [0.29, 0.717) is 5.95 Å². The molecule has 0 amide bonds. The third kappa shape index (κ3) is 3.96. The van der Waals surface area contributed by atoms with Crippen molar-refractivity contribution in [2.24, 2.45) is 0 Å². The van der Waals surface area contributed by atoms with Crippen LogP contribution in [-0.4, -0.2) is 38.7 Å². The van der Waals surface area contributed by atoms with E-state index in [1.807, 2.05) is 18.2 Å². The number of aliphatic hydroxyl groups excluding tert-OH is 1. The highest BCUT2D eigenvalue weighted by Gasteiger charge is 2.28. The molecule has 2 aromatic heterocycles. The molecule has 0 radical (unpaired) electrons. The van der Waals surface area contributed by atoms with E-state index in [1.54, 1.807) is 12.4 Å². The van der Waals surface area contributed by atoms with Crippen molar-refractivity contribution in [2.75, 3.05) is 17.2 Å². The smallest absolute Gasteiger partial charge is 0.224 e. The number of aromatic nitrogens is 3. The SMILES string of the molecule is CCCCNc1ncc(-c2ccccn2)c(N[C@H]2C[C@H](O)C2)n1. The Labute approximate surface area is 136 Å². The molecule has 0 aromatic carbocycles. The summed E-state index contributed by atoms with van der Waals surface area (Å²) in [5.74, 6) is 1.40. The lowest BCUT2D eigenvalue weighted by Crippen LogP contribution is -2.39. The van der Waals surface area contributed by atoms with Gasteiger partial charge in [-0.1, -0.05) is 19.4 Å². The summed E-state index contributed by atoms with van der Waals surface area (Å²) in [6.07, 6.45) is 7.09. The second kappa shape index (κ2) is 7.37. The fraction of sp³-hybridized carbons (Fsp3) is 0.471. The van der Waals surface area contributed by atoms with Crippen LogP contribution in [0, 0.1) is 0 Å². The Morgan fingerprint density at radius 2 is 2.13 bits per heavy atom. The van der Waals surface area contributed by atoms with E-state index in [1.165, 1.54) is 0 Å². The highest BCUT2D eigenvalue weighted by atomic mass is 16.3. The highest BCUT2D eigenvalue weighted by molar-refractivity contribution is 5.72. The lowest BCUT2D eigenvalue weighted by atomic mass is 9.89.